The number of hydrogen-bond acceptors (Lipinski definition) is 3. The van der Waals surface area contributed by atoms with Gasteiger partial charge in [-0.15, -0.1) is 0 Å². The van der Waals surface area contributed by atoms with Crippen LogP contribution in [0.15, 0.2) is 0 Å². The van der Waals surface area contributed by atoms with Gasteiger partial charge in [-0.25, -0.2) is 0 Å². The van der Waals surface area contributed by atoms with Crippen LogP contribution in [0.25, 0.3) is 0 Å². The van der Waals surface area contributed by atoms with Crippen molar-refractivity contribution < 1.29 is 14.9 Å². The fraction of sp³-hybridized carbons (Fsp3) is 1.00. The van der Waals surface area contributed by atoms with Crippen LogP contribution >= 0.6 is 0 Å². The highest BCUT2D eigenvalue weighted by molar-refractivity contribution is 4.85. The van der Waals surface area contributed by atoms with Gasteiger partial charge in [-0.3, -0.25) is 0 Å². The number of ether oxygens (including phenoxy) is 1. The van der Waals surface area contributed by atoms with E-state index in [2.05, 4.69) is 0 Å². The maximum absolute atomic E-state index is 9.73. The van der Waals surface area contributed by atoms with Crippen LogP contribution in [-0.2, 0) is 4.74 Å². The number of aliphatic hydroxyl groups is 2. The first-order valence-corrected chi connectivity index (χ1v) is 12.2. The van der Waals surface area contributed by atoms with Gasteiger partial charge >= 0.3 is 0 Å². The molecule has 0 amide bonds. The molecule has 4 saturated carbocycles. The molecule has 0 aromatic heterocycles. The lowest BCUT2D eigenvalue weighted by molar-refractivity contribution is -0.0660. The van der Waals surface area contributed by atoms with Crippen molar-refractivity contribution >= 4 is 0 Å². The average Bonchev–Trinajstić information content (AvgIpc) is 2.71. The quantitative estimate of drug-likeness (QED) is 0.705. The van der Waals surface area contributed by atoms with Crippen molar-refractivity contribution in [2.24, 2.45) is 23.7 Å². The fourth-order valence-electron chi connectivity index (χ4n) is 6.81. The second-order valence-corrected chi connectivity index (χ2v) is 10.3. The minimum absolute atomic E-state index is 0.0188. The van der Waals surface area contributed by atoms with Crippen LogP contribution in [-0.4, -0.2) is 34.6 Å². The maximum atomic E-state index is 9.73. The molecule has 0 radical (unpaired) electrons. The summed E-state index contributed by atoms with van der Waals surface area (Å²) in [5, 5.41) is 19.5. The van der Waals surface area contributed by atoms with E-state index in [9.17, 15) is 10.2 Å². The van der Waals surface area contributed by atoms with Crippen LogP contribution in [0, 0.1) is 23.7 Å². The van der Waals surface area contributed by atoms with E-state index in [-0.39, 0.29) is 12.2 Å². The first kappa shape index (κ1) is 20.2. The standard InChI is InChI=1S/C24H42O3/c25-21-9-1-17(2-10-21)19-5-13-23(14-6-19)27-24-15-7-20(8-16-24)18-3-11-22(26)12-4-18/h17-26H,1-16H2. The normalized spacial score (nSPS) is 46.9. The number of rotatable bonds is 4. The Morgan fingerprint density at radius 1 is 0.370 bits per heavy atom. The predicted octanol–water partition coefficient (Wildman–Crippen LogP) is 5.22. The Morgan fingerprint density at radius 3 is 0.926 bits per heavy atom. The van der Waals surface area contributed by atoms with Crippen molar-refractivity contribution in [2.45, 2.75) is 127 Å². The Kier molecular flexibility index (Phi) is 7.16. The van der Waals surface area contributed by atoms with Gasteiger partial charge in [-0.05, 0) is 126 Å². The molecule has 0 aromatic rings. The second-order valence-electron chi connectivity index (χ2n) is 10.3. The highest BCUT2D eigenvalue weighted by Gasteiger charge is 2.34. The third-order valence-electron chi connectivity index (χ3n) is 8.64. The summed E-state index contributed by atoms with van der Waals surface area (Å²) >= 11 is 0. The third-order valence-corrected chi connectivity index (χ3v) is 8.64. The molecular weight excluding hydrogens is 336 g/mol. The Balaban J connectivity index is 1.13. The predicted molar refractivity (Wildman–Crippen MR) is 109 cm³/mol. The molecule has 0 atom stereocenters. The molecule has 2 N–H and O–H groups in total. The van der Waals surface area contributed by atoms with Gasteiger partial charge in [0.15, 0.2) is 0 Å². The first-order valence-electron chi connectivity index (χ1n) is 12.2. The van der Waals surface area contributed by atoms with Gasteiger partial charge in [0.1, 0.15) is 0 Å². The lowest BCUT2D eigenvalue weighted by Gasteiger charge is -2.40. The Bertz CT molecular complexity index is 381. The van der Waals surface area contributed by atoms with Crippen LogP contribution in [0.3, 0.4) is 0 Å². The molecule has 0 aromatic carbocycles. The molecule has 3 heteroatoms. The van der Waals surface area contributed by atoms with Crippen LogP contribution in [0.1, 0.15) is 103 Å². The van der Waals surface area contributed by atoms with Crippen LogP contribution in [0.4, 0.5) is 0 Å². The maximum Gasteiger partial charge on any atom is 0.0579 e. The number of aliphatic hydroxyl groups excluding tert-OH is 2. The zero-order chi connectivity index (χ0) is 18.6. The average molecular weight is 379 g/mol. The van der Waals surface area contributed by atoms with Crippen molar-refractivity contribution in [3.8, 4) is 0 Å². The summed E-state index contributed by atoms with van der Waals surface area (Å²) in [5.41, 5.74) is 0. The van der Waals surface area contributed by atoms with E-state index in [0.29, 0.717) is 12.2 Å². The Morgan fingerprint density at radius 2 is 0.630 bits per heavy atom. The minimum atomic E-state index is -0.0188. The van der Waals surface area contributed by atoms with E-state index in [1.54, 1.807) is 0 Å². The molecule has 0 unspecified atom stereocenters. The van der Waals surface area contributed by atoms with Gasteiger partial charge in [0.05, 0.1) is 24.4 Å². The molecule has 0 spiro atoms. The molecule has 3 nitrogen and oxygen atoms in total. The molecule has 4 aliphatic rings. The van der Waals surface area contributed by atoms with E-state index in [4.69, 9.17) is 4.74 Å². The second kappa shape index (κ2) is 9.59. The zero-order valence-corrected chi connectivity index (χ0v) is 17.2. The molecule has 0 heterocycles. The molecule has 4 rings (SSSR count). The lowest BCUT2D eigenvalue weighted by Crippen LogP contribution is -2.34. The molecule has 4 aliphatic carbocycles. The van der Waals surface area contributed by atoms with Crippen LogP contribution < -0.4 is 0 Å². The van der Waals surface area contributed by atoms with Gasteiger partial charge in [0, 0.05) is 0 Å². The summed E-state index contributed by atoms with van der Waals surface area (Å²) in [4.78, 5) is 0. The van der Waals surface area contributed by atoms with E-state index in [0.717, 1.165) is 49.4 Å². The van der Waals surface area contributed by atoms with E-state index >= 15 is 0 Å². The smallest absolute Gasteiger partial charge is 0.0579 e. The fourth-order valence-corrected chi connectivity index (χ4v) is 6.81. The molecule has 0 bridgehead atoms. The third kappa shape index (κ3) is 5.48. The summed E-state index contributed by atoms with van der Waals surface area (Å²) in [6.45, 7) is 0. The van der Waals surface area contributed by atoms with E-state index in [1.165, 1.54) is 77.0 Å². The monoisotopic (exact) mass is 378 g/mol. The summed E-state index contributed by atoms with van der Waals surface area (Å²) in [7, 11) is 0. The van der Waals surface area contributed by atoms with Gasteiger partial charge in [-0.2, -0.15) is 0 Å². The van der Waals surface area contributed by atoms with Gasteiger partial charge in [0.25, 0.3) is 0 Å². The minimum Gasteiger partial charge on any atom is -0.393 e. The van der Waals surface area contributed by atoms with Crippen LogP contribution in [0.2, 0.25) is 0 Å². The lowest BCUT2D eigenvalue weighted by atomic mass is 9.71. The summed E-state index contributed by atoms with van der Waals surface area (Å²) < 4.78 is 6.56. The highest BCUT2D eigenvalue weighted by Crippen LogP contribution is 2.42. The molecule has 156 valence electrons. The Hall–Kier alpha value is -0.120. The van der Waals surface area contributed by atoms with E-state index < -0.39 is 0 Å². The summed E-state index contributed by atoms with van der Waals surface area (Å²) in [5.74, 6) is 3.54. The summed E-state index contributed by atoms with van der Waals surface area (Å²) in [6, 6.07) is 0. The SMILES string of the molecule is OC1CCC(C2CCC(OC3CCC(C4CCC(O)CC4)CC3)CC2)CC1. The van der Waals surface area contributed by atoms with Crippen molar-refractivity contribution in [1.29, 1.82) is 0 Å². The van der Waals surface area contributed by atoms with Crippen LogP contribution in [0.5, 0.6) is 0 Å². The van der Waals surface area contributed by atoms with Crippen molar-refractivity contribution in [3.05, 3.63) is 0 Å². The summed E-state index contributed by atoms with van der Waals surface area (Å²) in [6.07, 6.45) is 20.6. The number of hydrogen-bond donors (Lipinski definition) is 2. The van der Waals surface area contributed by atoms with Crippen molar-refractivity contribution in [2.75, 3.05) is 0 Å². The molecule has 27 heavy (non-hydrogen) atoms. The molecule has 0 saturated heterocycles. The highest BCUT2D eigenvalue weighted by atomic mass is 16.5. The molecular formula is C24H42O3. The Labute approximate surface area is 166 Å². The van der Waals surface area contributed by atoms with Gasteiger partial charge in [0.2, 0.25) is 0 Å². The van der Waals surface area contributed by atoms with Crippen molar-refractivity contribution in [1.82, 2.24) is 0 Å². The largest absolute Gasteiger partial charge is 0.393 e. The van der Waals surface area contributed by atoms with E-state index in [1.807, 2.05) is 0 Å². The molecule has 4 fully saturated rings. The zero-order valence-electron chi connectivity index (χ0n) is 17.2. The van der Waals surface area contributed by atoms with Gasteiger partial charge in [-0.1, -0.05) is 0 Å². The topological polar surface area (TPSA) is 49.7 Å². The van der Waals surface area contributed by atoms with Crippen molar-refractivity contribution in [3.63, 3.8) is 0 Å². The molecule has 0 aliphatic heterocycles. The van der Waals surface area contributed by atoms with Gasteiger partial charge < -0.3 is 14.9 Å². The first-order chi connectivity index (χ1) is 13.2.